The zero-order valence-electron chi connectivity index (χ0n) is 7.16. The normalized spacial score (nSPS) is 10.3. The number of halogens is 1. The van der Waals surface area contributed by atoms with Crippen LogP contribution in [0.25, 0.3) is 6.08 Å². The topological polar surface area (TPSA) is 26.3 Å². The summed E-state index contributed by atoms with van der Waals surface area (Å²) in [7, 11) is 0. The summed E-state index contributed by atoms with van der Waals surface area (Å²) in [6.45, 7) is 1.37. The van der Waals surface area contributed by atoms with Crippen LogP contribution in [0, 0.1) is 3.57 Å². The lowest BCUT2D eigenvalue weighted by molar-refractivity contribution is -0.135. The van der Waals surface area contributed by atoms with Gasteiger partial charge in [-0.05, 0) is 46.4 Å². The van der Waals surface area contributed by atoms with Crippen molar-refractivity contribution in [3.05, 3.63) is 39.7 Å². The van der Waals surface area contributed by atoms with Gasteiger partial charge in [-0.25, -0.2) is 0 Å². The first-order chi connectivity index (χ1) is 6.18. The summed E-state index contributed by atoms with van der Waals surface area (Å²) in [5.74, 6) is -0.304. The van der Waals surface area contributed by atoms with Crippen molar-refractivity contribution in [1.29, 1.82) is 0 Å². The monoisotopic (exact) mass is 288 g/mol. The van der Waals surface area contributed by atoms with E-state index >= 15 is 0 Å². The summed E-state index contributed by atoms with van der Waals surface area (Å²) in [6.07, 6.45) is 3.15. The van der Waals surface area contributed by atoms with Gasteiger partial charge in [0.15, 0.2) is 0 Å². The lowest BCUT2D eigenvalue weighted by atomic mass is 10.2. The van der Waals surface area contributed by atoms with Crippen molar-refractivity contribution < 1.29 is 9.53 Å². The molecule has 0 atom stereocenters. The summed E-state index contributed by atoms with van der Waals surface area (Å²) in [4.78, 5) is 10.4. The van der Waals surface area contributed by atoms with Crippen LogP contribution in [0.2, 0.25) is 0 Å². The SMILES string of the molecule is CC(=O)O/C=C/c1cccc(I)c1. The van der Waals surface area contributed by atoms with Crippen molar-refractivity contribution >= 4 is 34.6 Å². The van der Waals surface area contributed by atoms with E-state index in [0.29, 0.717) is 0 Å². The molecule has 68 valence electrons. The molecule has 0 aromatic heterocycles. The highest BCUT2D eigenvalue weighted by Crippen LogP contribution is 2.08. The van der Waals surface area contributed by atoms with Crippen LogP contribution in [0.5, 0.6) is 0 Å². The second-order valence-electron chi connectivity index (χ2n) is 2.47. The van der Waals surface area contributed by atoms with Gasteiger partial charge in [-0.1, -0.05) is 12.1 Å². The fourth-order valence-corrected chi connectivity index (χ4v) is 1.39. The number of ether oxygens (including phenoxy) is 1. The summed E-state index contributed by atoms with van der Waals surface area (Å²) < 4.78 is 5.82. The van der Waals surface area contributed by atoms with Crippen LogP contribution in [0.3, 0.4) is 0 Å². The molecule has 0 saturated heterocycles. The third kappa shape index (κ3) is 4.07. The van der Waals surface area contributed by atoms with Crippen LogP contribution >= 0.6 is 22.6 Å². The van der Waals surface area contributed by atoms with E-state index < -0.39 is 0 Å². The van der Waals surface area contributed by atoms with Crippen LogP contribution in [0.1, 0.15) is 12.5 Å². The molecule has 0 saturated carbocycles. The summed E-state index contributed by atoms with van der Waals surface area (Å²) >= 11 is 2.23. The maximum Gasteiger partial charge on any atom is 0.307 e. The number of rotatable bonds is 2. The molecule has 0 aliphatic heterocycles. The Labute approximate surface area is 90.7 Å². The third-order valence-corrected chi connectivity index (χ3v) is 2.01. The molecule has 1 rings (SSSR count). The van der Waals surface area contributed by atoms with Gasteiger partial charge in [-0.3, -0.25) is 4.79 Å². The van der Waals surface area contributed by atoms with Crippen molar-refractivity contribution in [2.24, 2.45) is 0 Å². The fraction of sp³-hybridized carbons (Fsp3) is 0.100. The van der Waals surface area contributed by atoms with Gasteiger partial charge in [-0.2, -0.15) is 0 Å². The van der Waals surface area contributed by atoms with Crippen molar-refractivity contribution in [2.45, 2.75) is 6.92 Å². The molecule has 0 amide bonds. The van der Waals surface area contributed by atoms with Crippen molar-refractivity contribution in [3.8, 4) is 0 Å². The first-order valence-corrected chi connectivity index (χ1v) is 4.86. The van der Waals surface area contributed by atoms with Crippen LogP contribution < -0.4 is 0 Å². The number of carbonyl (C=O) groups is 1. The minimum absolute atomic E-state index is 0.304. The average Bonchev–Trinajstić information content (AvgIpc) is 2.03. The van der Waals surface area contributed by atoms with Gasteiger partial charge >= 0.3 is 5.97 Å². The van der Waals surface area contributed by atoms with Crippen LogP contribution in [-0.2, 0) is 9.53 Å². The van der Waals surface area contributed by atoms with Gasteiger partial charge < -0.3 is 4.74 Å². The van der Waals surface area contributed by atoms with Gasteiger partial charge in [0.25, 0.3) is 0 Å². The Kier molecular flexibility index (Phi) is 3.95. The number of hydrogen-bond acceptors (Lipinski definition) is 2. The minimum atomic E-state index is -0.304. The third-order valence-electron chi connectivity index (χ3n) is 1.34. The summed E-state index contributed by atoms with van der Waals surface area (Å²) in [6, 6.07) is 7.90. The molecule has 0 fully saturated rings. The standard InChI is InChI=1S/C10H9IO2/c1-8(12)13-6-5-9-3-2-4-10(11)7-9/h2-7H,1H3/b6-5+. The summed E-state index contributed by atoms with van der Waals surface area (Å²) in [5, 5.41) is 0. The molecule has 13 heavy (non-hydrogen) atoms. The first-order valence-electron chi connectivity index (χ1n) is 3.78. The molecule has 0 N–H and O–H groups in total. The van der Waals surface area contributed by atoms with E-state index in [2.05, 4.69) is 27.3 Å². The van der Waals surface area contributed by atoms with E-state index in [9.17, 15) is 4.79 Å². The molecular formula is C10H9IO2. The molecule has 0 unspecified atom stereocenters. The van der Waals surface area contributed by atoms with Gasteiger partial charge in [0, 0.05) is 10.5 Å². The van der Waals surface area contributed by atoms with E-state index in [4.69, 9.17) is 0 Å². The first kappa shape index (κ1) is 10.2. The zero-order chi connectivity index (χ0) is 9.68. The Bertz CT molecular complexity index is 331. The highest BCUT2D eigenvalue weighted by molar-refractivity contribution is 14.1. The second kappa shape index (κ2) is 5.01. The van der Waals surface area contributed by atoms with Crippen LogP contribution in [0.4, 0.5) is 0 Å². The maximum absolute atomic E-state index is 10.4. The van der Waals surface area contributed by atoms with Gasteiger partial charge in [0.1, 0.15) is 0 Å². The highest BCUT2D eigenvalue weighted by atomic mass is 127. The van der Waals surface area contributed by atoms with Gasteiger partial charge in [0.05, 0.1) is 6.26 Å². The quantitative estimate of drug-likeness (QED) is 0.475. The smallest absolute Gasteiger partial charge is 0.307 e. The second-order valence-corrected chi connectivity index (χ2v) is 3.71. The summed E-state index contributed by atoms with van der Waals surface area (Å²) in [5.41, 5.74) is 1.02. The van der Waals surface area contributed by atoms with Crippen molar-refractivity contribution in [2.75, 3.05) is 0 Å². The zero-order valence-corrected chi connectivity index (χ0v) is 9.32. The van der Waals surface area contributed by atoms with E-state index in [0.717, 1.165) is 9.13 Å². The molecule has 1 aromatic rings. The van der Waals surface area contributed by atoms with Crippen LogP contribution in [0.15, 0.2) is 30.5 Å². The Morgan fingerprint density at radius 1 is 1.54 bits per heavy atom. The predicted molar refractivity (Wildman–Crippen MR) is 60.0 cm³/mol. The number of benzene rings is 1. The number of hydrogen-bond donors (Lipinski definition) is 0. The molecule has 0 aliphatic carbocycles. The Hall–Kier alpha value is -0.840. The van der Waals surface area contributed by atoms with E-state index in [1.165, 1.54) is 13.2 Å². The molecule has 0 heterocycles. The molecule has 0 aliphatic rings. The highest BCUT2D eigenvalue weighted by Gasteiger charge is 1.89. The molecule has 1 aromatic carbocycles. The lowest BCUT2D eigenvalue weighted by Gasteiger charge is -1.94. The van der Waals surface area contributed by atoms with E-state index in [1.807, 2.05) is 24.3 Å². The van der Waals surface area contributed by atoms with Crippen molar-refractivity contribution in [1.82, 2.24) is 0 Å². The Balaban J connectivity index is 2.63. The fourth-order valence-electron chi connectivity index (χ4n) is 0.819. The molecule has 0 spiro atoms. The lowest BCUT2D eigenvalue weighted by Crippen LogP contribution is -1.89. The number of carbonyl (C=O) groups excluding carboxylic acids is 1. The molecular weight excluding hydrogens is 279 g/mol. The number of esters is 1. The Morgan fingerprint density at radius 2 is 2.31 bits per heavy atom. The Morgan fingerprint density at radius 3 is 2.92 bits per heavy atom. The van der Waals surface area contributed by atoms with Gasteiger partial charge in [0.2, 0.25) is 0 Å². The van der Waals surface area contributed by atoms with Gasteiger partial charge in [-0.15, -0.1) is 0 Å². The van der Waals surface area contributed by atoms with Crippen LogP contribution in [-0.4, -0.2) is 5.97 Å². The predicted octanol–water partition coefficient (Wildman–Crippen LogP) is 2.83. The molecule has 0 bridgehead atoms. The van der Waals surface area contributed by atoms with E-state index in [-0.39, 0.29) is 5.97 Å². The molecule has 2 nitrogen and oxygen atoms in total. The minimum Gasteiger partial charge on any atom is -0.435 e. The van der Waals surface area contributed by atoms with E-state index in [1.54, 1.807) is 6.08 Å². The molecule has 3 heteroatoms. The average molecular weight is 288 g/mol. The molecule has 0 radical (unpaired) electrons. The van der Waals surface area contributed by atoms with Crippen molar-refractivity contribution in [3.63, 3.8) is 0 Å². The maximum atomic E-state index is 10.4. The largest absolute Gasteiger partial charge is 0.435 e.